The van der Waals surface area contributed by atoms with Crippen LogP contribution >= 0.6 is 11.3 Å². The largest absolute Gasteiger partial charge is 0.496 e. The van der Waals surface area contributed by atoms with Crippen molar-refractivity contribution in [3.05, 3.63) is 46.8 Å². The summed E-state index contributed by atoms with van der Waals surface area (Å²) in [4.78, 5) is 14.7. The number of hydrogen-bond acceptors (Lipinski definition) is 5. The van der Waals surface area contributed by atoms with E-state index in [2.05, 4.69) is 0 Å². The van der Waals surface area contributed by atoms with Crippen LogP contribution in [0.4, 0.5) is 0 Å². The molecule has 1 amide bonds. The van der Waals surface area contributed by atoms with Crippen molar-refractivity contribution >= 4 is 27.3 Å². The highest BCUT2D eigenvalue weighted by Crippen LogP contribution is 2.28. The molecule has 1 aromatic heterocycles. The lowest BCUT2D eigenvalue weighted by Crippen LogP contribution is -2.45. The molecule has 152 valence electrons. The van der Waals surface area contributed by atoms with Crippen molar-refractivity contribution < 1.29 is 17.9 Å². The van der Waals surface area contributed by atoms with Crippen molar-refractivity contribution in [2.45, 2.75) is 30.5 Å². The number of thiophene rings is 1. The Kier molecular flexibility index (Phi) is 6.42. The van der Waals surface area contributed by atoms with Crippen LogP contribution in [0.1, 0.15) is 24.0 Å². The van der Waals surface area contributed by atoms with E-state index >= 15 is 0 Å². The zero-order valence-electron chi connectivity index (χ0n) is 16.4. The highest BCUT2D eigenvalue weighted by atomic mass is 32.2. The SMILES string of the molecule is COc1ccc(C)cc1CN(C)C(=O)C1CCCN(S(=O)(=O)c2cccs2)C1. The number of benzene rings is 1. The molecule has 2 heterocycles. The molecule has 0 aliphatic carbocycles. The molecule has 0 spiro atoms. The minimum absolute atomic E-state index is 0.0327. The number of sulfonamides is 1. The van der Waals surface area contributed by atoms with Crippen LogP contribution < -0.4 is 4.74 Å². The van der Waals surface area contributed by atoms with Crippen molar-refractivity contribution in [3.63, 3.8) is 0 Å². The monoisotopic (exact) mass is 422 g/mol. The maximum atomic E-state index is 13.0. The fourth-order valence-electron chi connectivity index (χ4n) is 3.58. The number of aryl methyl sites for hydroxylation is 1. The van der Waals surface area contributed by atoms with Gasteiger partial charge >= 0.3 is 0 Å². The molecular formula is C20H26N2O4S2. The molecule has 3 rings (SSSR count). The molecule has 1 fully saturated rings. The predicted octanol–water partition coefficient (Wildman–Crippen LogP) is 3.12. The van der Waals surface area contributed by atoms with E-state index in [0.717, 1.165) is 16.9 Å². The topological polar surface area (TPSA) is 66.9 Å². The smallest absolute Gasteiger partial charge is 0.252 e. The molecule has 1 unspecified atom stereocenters. The Labute approximate surface area is 170 Å². The molecule has 1 aliphatic rings. The molecule has 0 N–H and O–H groups in total. The van der Waals surface area contributed by atoms with Gasteiger partial charge in [0.1, 0.15) is 9.96 Å². The normalized spacial score (nSPS) is 18.0. The second-order valence-corrected chi connectivity index (χ2v) is 10.3. The lowest BCUT2D eigenvalue weighted by atomic mass is 9.98. The molecular weight excluding hydrogens is 396 g/mol. The molecule has 2 aromatic rings. The van der Waals surface area contributed by atoms with Crippen molar-refractivity contribution in [2.75, 3.05) is 27.2 Å². The maximum absolute atomic E-state index is 13.0. The number of rotatable bonds is 6. The van der Waals surface area contributed by atoms with Crippen LogP contribution in [0.3, 0.4) is 0 Å². The Morgan fingerprint density at radius 3 is 2.82 bits per heavy atom. The molecule has 8 heteroatoms. The number of carbonyl (C=O) groups is 1. The number of carbonyl (C=O) groups excluding carboxylic acids is 1. The number of methoxy groups -OCH3 is 1. The van der Waals surface area contributed by atoms with Gasteiger partial charge in [0, 0.05) is 32.2 Å². The Morgan fingerprint density at radius 1 is 1.36 bits per heavy atom. The summed E-state index contributed by atoms with van der Waals surface area (Å²) < 4.78 is 32.8. The molecule has 1 atom stereocenters. The summed E-state index contributed by atoms with van der Waals surface area (Å²) >= 11 is 1.21. The van der Waals surface area contributed by atoms with Gasteiger partial charge in [0.25, 0.3) is 10.0 Å². The van der Waals surface area contributed by atoms with Gasteiger partial charge in [-0.15, -0.1) is 11.3 Å². The van der Waals surface area contributed by atoms with Gasteiger partial charge in [-0.05, 0) is 37.3 Å². The lowest BCUT2D eigenvalue weighted by molar-refractivity contribution is -0.135. The molecule has 1 aromatic carbocycles. The number of hydrogen-bond donors (Lipinski definition) is 0. The first-order valence-corrected chi connectivity index (χ1v) is 11.6. The summed E-state index contributed by atoms with van der Waals surface area (Å²) in [6.45, 7) is 3.12. The summed E-state index contributed by atoms with van der Waals surface area (Å²) in [5.41, 5.74) is 2.04. The molecule has 0 bridgehead atoms. The zero-order valence-corrected chi connectivity index (χ0v) is 18.1. The number of piperidine rings is 1. The van der Waals surface area contributed by atoms with Crippen LogP contribution in [-0.2, 0) is 21.4 Å². The van der Waals surface area contributed by atoms with E-state index in [0.29, 0.717) is 30.1 Å². The lowest BCUT2D eigenvalue weighted by Gasteiger charge is -2.33. The summed E-state index contributed by atoms with van der Waals surface area (Å²) in [5.74, 6) is 0.384. The molecule has 0 radical (unpaired) electrons. The minimum Gasteiger partial charge on any atom is -0.496 e. The Balaban J connectivity index is 1.71. The summed E-state index contributed by atoms with van der Waals surface area (Å²) in [6, 6.07) is 9.23. The van der Waals surface area contributed by atoms with E-state index in [1.807, 2.05) is 25.1 Å². The van der Waals surface area contributed by atoms with Gasteiger partial charge in [0.05, 0.1) is 13.0 Å². The number of amides is 1. The van der Waals surface area contributed by atoms with Gasteiger partial charge in [-0.25, -0.2) is 8.42 Å². The second-order valence-electron chi connectivity index (χ2n) is 7.14. The van der Waals surface area contributed by atoms with Gasteiger partial charge in [0.2, 0.25) is 5.91 Å². The van der Waals surface area contributed by atoms with Crippen molar-refractivity contribution in [1.29, 1.82) is 0 Å². The van der Waals surface area contributed by atoms with Crippen LogP contribution in [0.25, 0.3) is 0 Å². The van der Waals surface area contributed by atoms with E-state index in [1.165, 1.54) is 15.6 Å². The molecule has 6 nitrogen and oxygen atoms in total. The average molecular weight is 423 g/mol. The van der Waals surface area contributed by atoms with Gasteiger partial charge in [-0.1, -0.05) is 23.8 Å². The summed E-state index contributed by atoms with van der Waals surface area (Å²) in [5, 5.41) is 1.75. The van der Waals surface area contributed by atoms with Crippen molar-refractivity contribution in [3.8, 4) is 5.75 Å². The predicted molar refractivity (Wildman–Crippen MR) is 110 cm³/mol. The first kappa shape index (κ1) is 20.8. The van der Waals surface area contributed by atoms with Crippen LogP contribution in [-0.4, -0.2) is 50.8 Å². The average Bonchev–Trinajstić information content (AvgIpc) is 3.23. The van der Waals surface area contributed by atoms with Crippen LogP contribution in [0.2, 0.25) is 0 Å². The zero-order chi connectivity index (χ0) is 20.3. The summed E-state index contributed by atoms with van der Waals surface area (Å²) in [7, 11) is -0.149. The van der Waals surface area contributed by atoms with E-state index in [-0.39, 0.29) is 18.4 Å². The second kappa shape index (κ2) is 8.63. The highest BCUT2D eigenvalue weighted by molar-refractivity contribution is 7.91. The van der Waals surface area contributed by atoms with E-state index in [9.17, 15) is 13.2 Å². The van der Waals surface area contributed by atoms with Gasteiger partial charge in [0.15, 0.2) is 0 Å². The number of nitrogens with zero attached hydrogens (tertiary/aromatic N) is 2. The Hall–Kier alpha value is -1.90. The van der Waals surface area contributed by atoms with E-state index in [4.69, 9.17) is 4.74 Å². The van der Waals surface area contributed by atoms with Gasteiger partial charge in [-0.2, -0.15) is 4.31 Å². The van der Waals surface area contributed by atoms with Crippen molar-refractivity contribution in [1.82, 2.24) is 9.21 Å². The third kappa shape index (κ3) is 4.39. The molecule has 1 saturated heterocycles. The first-order chi connectivity index (χ1) is 13.3. The highest BCUT2D eigenvalue weighted by Gasteiger charge is 2.34. The maximum Gasteiger partial charge on any atom is 0.252 e. The number of ether oxygens (including phenoxy) is 1. The van der Waals surface area contributed by atoms with Crippen LogP contribution in [0.5, 0.6) is 5.75 Å². The fourth-order valence-corrected chi connectivity index (χ4v) is 6.24. The fraction of sp³-hybridized carbons (Fsp3) is 0.450. The Bertz CT molecular complexity index is 926. The summed E-state index contributed by atoms with van der Waals surface area (Å²) in [6.07, 6.45) is 1.38. The third-order valence-corrected chi connectivity index (χ3v) is 8.28. The van der Waals surface area contributed by atoms with Crippen LogP contribution in [0, 0.1) is 12.8 Å². The minimum atomic E-state index is -3.52. The van der Waals surface area contributed by atoms with Crippen LogP contribution in [0.15, 0.2) is 39.9 Å². The van der Waals surface area contributed by atoms with E-state index in [1.54, 1.807) is 36.6 Å². The Morgan fingerprint density at radius 2 is 2.14 bits per heavy atom. The van der Waals surface area contributed by atoms with Crippen molar-refractivity contribution in [2.24, 2.45) is 5.92 Å². The van der Waals surface area contributed by atoms with Gasteiger partial charge < -0.3 is 9.64 Å². The standard InChI is InChI=1S/C20H26N2O4S2/c1-15-8-9-18(26-3)17(12-15)13-21(2)20(23)16-6-4-10-22(14-16)28(24,25)19-7-5-11-27-19/h5,7-9,11-12,16H,4,6,10,13-14H2,1-3H3. The first-order valence-electron chi connectivity index (χ1n) is 9.25. The quantitative estimate of drug-likeness (QED) is 0.717. The van der Waals surface area contributed by atoms with Gasteiger partial charge in [-0.3, -0.25) is 4.79 Å². The molecule has 1 aliphatic heterocycles. The third-order valence-electron chi connectivity index (χ3n) is 5.04. The van der Waals surface area contributed by atoms with E-state index < -0.39 is 10.0 Å². The molecule has 0 saturated carbocycles. The molecule has 28 heavy (non-hydrogen) atoms.